The van der Waals surface area contributed by atoms with Crippen LogP contribution in [0.15, 0.2) is 18.7 Å². The summed E-state index contributed by atoms with van der Waals surface area (Å²) in [6.45, 7) is 7.85. The summed E-state index contributed by atoms with van der Waals surface area (Å²) in [5.74, 6) is 0.677. The van der Waals surface area contributed by atoms with Gasteiger partial charge in [-0.3, -0.25) is 0 Å². The molecule has 0 aromatic carbocycles. The van der Waals surface area contributed by atoms with Gasteiger partial charge in [-0.05, 0) is 37.3 Å². The highest BCUT2D eigenvalue weighted by Crippen LogP contribution is 2.10. The van der Waals surface area contributed by atoms with Crippen LogP contribution in [0, 0.1) is 5.92 Å². The molecule has 0 spiro atoms. The Kier molecular flexibility index (Phi) is 6.01. The molecule has 1 rings (SSSR count). The topological polar surface area (TPSA) is 37.8 Å². The number of nitrogens with zero attached hydrogens (tertiary/aromatic N) is 2. The number of nitrogens with one attached hydrogen (secondary N) is 1. The van der Waals surface area contributed by atoms with Gasteiger partial charge in [0.05, 0.1) is 0 Å². The third-order valence-corrected chi connectivity index (χ3v) is 2.82. The molecule has 1 atom stereocenters. The molecule has 0 aliphatic carbocycles. The fourth-order valence-corrected chi connectivity index (χ4v) is 1.78. The van der Waals surface area contributed by atoms with Crippen LogP contribution in [0.1, 0.15) is 39.2 Å². The van der Waals surface area contributed by atoms with Crippen molar-refractivity contribution in [2.24, 2.45) is 5.92 Å². The predicted octanol–water partition coefficient (Wildman–Crippen LogP) is 2.43. The highest BCUT2D eigenvalue weighted by Gasteiger charge is 2.11. The van der Waals surface area contributed by atoms with Gasteiger partial charge >= 0.3 is 0 Å². The van der Waals surface area contributed by atoms with Crippen LogP contribution in [-0.2, 0) is 6.42 Å². The van der Waals surface area contributed by atoms with E-state index in [2.05, 4.69) is 36.1 Å². The van der Waals surface area contributed by atoms with Crippen molar-refractivity contribution >= 4 is 0 Å². The SMILES string of the molecule is CCCNC(CCc1cncnc1)C(C)C. The second-order valence-electron chi connectivity index (χ2n) is 4.59. The average molecular weight is 221 g/mol. The average Bonchev–Trinajstić information content (AvgIpc) is 2.30. The van der Waals surface area contributed by atoms with Crippen molar-refractivity contribution < 1.29 is 0 Å². The minimum Gasteiger partial charge on any atom is -0.314 e. The summed E-state index contributed by atoms with van der Waals surface area (Å²) in [4.78, 5) is 8.08. The lowest BCUT2D eigenvalue weighted by Crippen LogP contribution is -2.34. The fraction of sp³-hybridized carbons (Fsp3) is 0.692. The molecule has 1 N–H and O–H groups in total. The molecular weight excluding hydrogens is 198 g/mol. The Hall–Kier alpha value is -0.960. The number of aryl methyl sites for hydroxylation is 1. The molecule has 3 heteroatoms. The maximum atomic E-state index is 4.04. The van der Waals surface area contributed by atoms with E-state index in [1.165, 1.54) is 12.0 Å². The van der Waals surface area contributed by atoms with Crippen LogP contribution in [0.3, 0.4) is 0 Å². The molecule has 0 amide bonds. The lowest BCUT2D eigenvalue weighted by molar-refractivity contribution is 0.378. The molecular formula is C13H23N3. The molecule has 0 fully saturated rings. The van der Waals surface area contributed by atoms with E-state index in [1.54, 1.807) is 6.33 Å². The van der Waals surface area contributed by atoms with Crippen molar-refractivity contribution in [2.45, 2.75) is 46.1 Å². The summed E-state index contributed by atoms with van der Waals surface area (Å²) in [6.07, 6.45) is 8.80. The number of rotatable bonds is 7. The van der Waals surface area contributed by atoms with E-state index < -0.39 is 0 Å². The molecule has 1 unspecified atom stereocenters. The molecule has 3 nitrogen and oxygen atoms in total. The third-order valence-electron chi connectivity index (χ3n) is 2.82. The zero-order valence-corrected chi connectivity index (χ0v) is 10.6. The zero-order chi connectivity index (χ0) is 11.8. The van der Waals surface area contributed by atoms with E-state index in [9.17, 15) is 0 Å². The maximum absolute atomic E-state index is 4.04. The van der Waals surface area contributed by atoms with Gasteiger partial charge in [0.2, 0.25) is 0 Å². The summed E-state index contributed by atoms with van der Waals surface area (Å²) < 4.78 is 0. The first kappa shape index (κ1) is 13.1. The summed E-state index contributed by atoms with van der Waals surface area (Å²) in [5, 5.41) is 3.60. The van der Waals surface area contributed by atoms with Gasteiger partial charge in [0.15, 0.2) is 0 Å². The molecule has 0 aliphatic rings. The number of aromatic nitrogens is 2. The van der Waals surface area contributed by atoms with Crippen molar-refractivity contribution in [3.63, 3.8) is 0 Å². The Morgan fingerprint density at radius 3 is 2.50 bits per heavy atom. The van der Waals surface area contributed by atoms with Crippen molar-refractivity contribution in [1.29, 1.82) is 0 Å². The normalized spacial score (nSPS) is 13.0. The van der Waals surface area contributed by atoms with Gasteiger partial charge < -0.3 is 5.32 Å². The highest BCUT2D eigenvalue weighted by molar-refractivity contribution is 5.02. The predicted molar refractivity (Wildman–Crippen MR) is 67.3 cm³/mol. The van der Waals surface area contributed by atoms with Gasteiger partial charge in [-0.15, -0.1) is 0 Å². The number of hydrogen-bond donors (Lipinski definition) is 1. The molecule has 1 heterocycles. The van der Waals surface area contributed by atoms with Crippen LogP contribution in [0.5, 0.6) is 0 Å². The van der Waals surface area contributed by atoms with E-state index in [0.29, 0.717) is 12.0 Å². The molecule has 1 aromatic heterocycles. The Bertz CT molecular complexity index is 272. The molecule has 0 radical (unpaired) electrons. The lowest BCUT2D eigenvalue weighted by atomic mass is 9.97. The Labute approximate surface area is 98.7 Å². The van der Waals surface area contributed by atoms with Crippen molar-refractivity contribution in [3.8, 4) is 0 Å². The second-order valence-corrected chi connectivity index (χ2v) is 4.59. The van der Waals surface area contributed by atoms with Crippen molar-refractivity contribution in [1.82, 2.24) is 15.3 Å². The van der Waals surface area contributed by atoms with Crippen LogP contribution in [0.25, 0.3) is 0 Å². The smallest absolute Gasteiger partial charge is 0.115 e. The minimum atomic E-state index is 0.597. The summed E-state index contributed by atoms with van der Waals surface area (Å²) in [7, 11) is 0. The Balaban J connectivity index is 2.38. The van der Waals surface area contributed by atoms with Gasteiger partial charge in [0.25, 0.3) is 0 Å². The van der Waals surface area contributed by atoms with Crippen LogP contribution in [0.4, 0.5) is 0 Å². The van der Waals surface area contributed by atoms with E-state index in [1.807, 2.05) is 12.4 Å². The first-order valence-electron chi connectivity index (χ1n) is 6.21. The molecule has 90 valence electrons. The van der Waals surface area contributed by atoms with Crippen molar-refractivity contribution in [3.05, 3.63) is 24.3 Å². The van der Waals surface area contributed by atoms with Gasteiger partial charge in [-0.1, -0.05) is 20.8 Å². The van der Waals surface area contributed by atoms with Gasteiger partial charge in [-0.25, -0.2) is 9.97 Å². The van der Waals surface area contributed by atoms with Gasteiger partial charge in [-0.2, -0.15) is 0 Å². The van der Waals surface area contributed by atoms with E-state index >= 15 is 0 Å². The molecule has 1 aromatic rings. The quantitative estimate of drug-likeness (QED) is 0.768. The Morgan fingerprint density at radius 1 is 1.25 bits per heavy atom. The maximum Gasteiger partial charge on any atom is 0.115 e. The molecule has 0 saturated heterocycles. The van der Waals surface area contributed by atoms with E-state index in [-0.39, 0.29) is 0 Å². The molecule has 0 aliphatic heterocycles. The molecule has 0 saturated carbocycles. The summed E-state index contributed by atoms with van der Waals surface area (Å²) in [6, 6.07) is 0.597. The second kappa shape index (κ2) is 7.34. The molecule has 16 heavy (non-hydrogen) atoms. The highest BCUT2D eigenvalue weighted by atomic mass is 14.9. The van der Waals surface area contributed by atoms with E-state index in [4.69, 9.17) is 0 Å². The van der Waals surface area contributed by atoms with Crippen LogP contribution in [0.2, 0.25) is 0 Å². The third kappa shape index (κ3) is 4.71. The van der Waals surface area contributed by atoms with Gasteiger partial charge in [0.1, 0.15) is 6.33 Å². The summed E-state index contributed by atoms with van der Waals surface area (Å²) in [5.41, 5.74) is 1.23. The fourth-order valence-electron chi connectivity index (χ4n) is 1.78. The first-order chi connectivity index (χ1) is 7.74. The van der Waals surface area contributed by atoms with Gasteiger partial charge in [0, 0.05) is 18.4 Å². The summed E-state index contributed by atoms with van der Waals surface area (Å²) >= 11 is 0. The largest absolute Gasteiger partial charge is 0.314 e. The monoisotopic (exact) mass is 221 g/mol. The van der Waals surface area contributed by atoms with E-state index in [0.717, 1.165) is 19.4 Å². The van der Waals surface area contributed by atoms with Crippen LogP contribution in [-0.4, -0.2) is 22.6 Å². The van der Waals surface area contributed by atoms with Crippen LogP contribution < -0.4 is 5.32 Å². The minimum absolute atomic E-state index is 0.597. The lowest BCUT2D eigenvalue weighted by Gasteiger charge is -2.22. The van der Waals surface area contributed by atoms with Crippen molar-refractivity contribution in [2.75, 3.05) is 6.54 Å². The number of hydrogen-bond acceptors (Lipinski definition) is 3. The van der Waals surface area contributed by atoms with Crippen LogP contribution >= 0.6 is 0 Å². The standard InChI is InChI=1S/C13H23N3/c1-4-7-16-13(11(2)3)6-5-12-8-14-10-15-9-12/h8-11,13,16H,4-7H2,1-3H3. The Morgan fingerprint density at radius 2 is 1.94 bits per heavy atom. The zero-order valence-electron chi connectivity index (χ0n) is 10.6. The first-order valence-corrected chi connectivity index (χ1v) is 6.21. The molecule has 0 bridgehead atoms.